The summed E-state index contributed by atoms with van der Waals surface area (Å²) in [5.41, 5.74) is 0.0831. The van der Waals surface area contributed by atoms with Crippen LogP contribution < -0.4 is 0 Å². The van der Waals surface area contributed by atoms with Crippen LogP contribution in [-0.2, 0) is 0 Å². The van der Waals surface area contributed by atoms with Gasteiger partial charge in [0.15, 0.2) is 0 Å². The summed E-state index contributed by atoms with van der Waals surface area (Å²) in [6.45, 7) is 3.65. The second kappa shape index (κ2) is 3.57. The molecule has 0 radical (unpaired) electrons. The molecule has 0 aromatic carbocycles. The van der Waals surface area contributed by atoms with E-state index < -0.39 is 12.2 Å². The number of aliphatic hydroxyl groups is 1. The van der Waals surface area contributed by atoms with Gasteiger partial charge in [-0.2, -0.15) is 5.10 Å². The highest BCUT2D eigenvalue weighted by Crippen LogP contribution is 2.13. The van der Waals surface area contributed by atoms with E-state index in [0.29, 0.717) is 0 Å². The van der Waals surface area contributed by atoms with Crippen LogP contribution in [0, 0.1) is 5.92 Å². The summed E-state index contributed by atoms with van der Waals surface area (Å²) in [5, 5.41) is 21.8. The van der Waals surface area contributed by atoms with E-state index in [9.17, 15) is 9.90 Å². The number of hydrogen-bond acceptors (Lipinski definition) is 3. The first-order valence-corrected chi connectivity index (χ1v) is 3.98. The molecule has 1 heterocycles. The van der Waals surface area contributed by atoms with Crippen LogP contribution in [-0.4, -0.2) is 26.0 Å². The maximum atomic E-state index is 10.5. The first kappa shape index (κ1) is 9.73. The van der Waals surface area contributed by atoms with Crippen molar-refractivity contribution < 1.29 is 15.0 Å². The van der Waals surface area contributed by atoms with E-state index >= 15 is 0 Å². The summed E-state index contributed by atoms with van der Waals surface area (Å²) >= 11 is 0. The van der Waals surface area contributed by atoms with Gasteiger partial charge in [0.05, 0.1) is 11.8 Å². The zero-order valence-corrected chi connectivity index (χ0v) is 7.51. The van der Waals surface area contributed by atoms with Crippen LogP contribution in [0.2, 0.25) is 0 Å². The lowest BCUT2D eigenvalue weighted by Gasteiger charge is -2.13. The quantitative estimate of drug-likeness (QED) is 0.726. The van der Waals surface area contributed by atoms with E-state index in [0.717, 1.165) is 0 Å². The molecule has 0 amide bonds. The van der Waals surface area contributed by atoms with Crippen LogP contribution in [0.25, 0.3) is 0 Å². The SMILES string of the molecule is CC(C)C(O)n1cc(C(=O)O)cn1. The molecule has 0 bridgehead atoms. The van der Waals surface area contributed by atoms with Crippen molar-refractivity contribution in [1.82, 2.24) is 9.78 Å². The van der Waals surface area contributed by atoms with Gasteiger partial charge in [-0.05, 0) is 5.92 Å². The number of aromatic nitrogens is 2. The van der Waals surface area contributed by atoms with Crippen LogP contribution >= 0.6 is 0 Å². The van der Waals surface area contributed by atoms with Crippen LogP contribution in [0.1, 0.15) is 30.4 Å². The van der Waals surface area contributed by atoms with Gasteiger partial charge in [0.2, 0.25) is 0 Å². The van der Waals surface area contributed by atoms with Gasteiger partial charge in [0, 0.05) is 6.20 Å². The van der Waals surface area contributed by atoms with Crippen LogP contribution in [0.3, 0.4) is 0 Å². The molecule has 0 aliphatic heterocycles. The molecule has 13 heavy (non-hydrogen) atoms. The highest BCUT2D eigenvalue weighted by molar-refractivity contribution is 5.86. The second-order valence-corrected chi connectivity index (χ2v) is 3.17. The Balaban J connectivity index is 2.85. The molecule has 1 aromatic rings. The lowest BCUT2D eigenvalue weighted by atomic mass is 10.2. The van der Waals surface area contributed by atoms with Gasteiger partial charge < -0.3 is 10.2 Å². The number of aromatic carboxylic acids is 1. The molecule has 1 atom stereocenters. The first-order valence-electron chi connectivity index (χ1n) is 3.98. The van der Waals surface area contributed by atoms with E-state index in [1.165, 1.54) is 17.1 Å². The molecule has 5 nitrogen and oxygen atoms in total. The fourth-order valence-corrected chi connectivity index (χ4v) is 0.899. The molecule has 0 aliphatic carbocycles. The van der Waals surface area contributed by atoms with E-state index in [4.69, 9.17) is 5.11 Å². The minimum Gasteiger partial charge on any atom is -0.478 e. The van der Waals surface area contributed by atoms with Crippen LogP contribution in [0.4, 0.5) is 0 Å². The molecule has 2 N–H and O–H groups in total. The molecule has 1 aromatic heterocycles. The minimum atomic E-state index is -1.04. The van der Waals surface area contributed by atoms with Crippen molar-refractivity contribution in [3.8, 4) is 0 Å². The average molecular weight is 184 g/mol. The van der Waals surface area contributed by atoms with Crippen molar-refractivity contribution in [2.24, 2.45) is 5.92 Å². The minimum absolute atomic E-state index is 0.00143. The molecule has 0 spiro atoms. The van der Waals surface area contributed by atoms with Gasteiger partial charge in [-0.1, -0.05) is 13.8 Å². The van der Waals surface area contributed by atoms with Gasteiger partial charge in [0.1, 0.15) is 6.23 Å². The van der Waals surface area contributed by atoms with Gasteiger partial charge in [-0.25, -0.2) is 9.48 Å². The zero-order chi connectivity index (χ0) is 10.0. The number of nitrogens with zero attached hydrogens (tertiary/aromatic N) is 2. The molecule has 0 fully saturated rings. The smallest absolute Gasteiger partial charge is 0.338 e. The first-order chi connectivity index (χ1) is 6.02. The fraction of sp³-hybridized carbons (Fsp3) is 0.500. The predicted molar refractivity (Wildman–Crippen MR) is 45.3 cm³/mol. The zero-order valence-electron chi connectivity index (χ0n) is 7.51. The third-order valence-corrected chi connectivity index (χ3v) is 1.72. The summed E-state index contributed by atoms with van der Waals surface area (Å²) in [6, 6.07) is 0. The second-order valence-electron chi connectivity index (χ2n) is 3.17. The third kappa shape index (κ3) is 2.06. The van der Waals surface area contributed by atoms with Crippen molar-refractivity contribution in [3.63, 3.8) is 0 Å². The monoisotopic (exact) mass is 184 g/mol. The Kier molecular flexibility index (Phi) is 2.67. The Morgan fingerprint density at radius 2 is 2.23 bits per heavy atom. The Hall–Kier alpha value is -1.36. The Morgan fingerprint density at radius 3 is 2.62 bits per heavy atom. The average Bonchev–Trinajstić information content (AvgIpc) is 2.50. The van der Waals surface area contributed by atoms with E-state index in [1.54, 1.807) is 0 Å². The van der Waals surface area contributed by atoms with E-state index in [1.807, 2.05) is 13.8 Å². The summed E-state index contributed by atoms with van der Waals surface area (Å²) in [7, 11) is 0. The molecule has 0 aliphatic rings. The molecule has 5 heteroatoms. The molecule has 1 rings (SSSR count). The van der Waals surface area contributed by atoms with E-state index in [-0.39, 0.29) is 11.5 Å². The highest BCUT2D eigenvalue weighted by Gasteiger charge is 2.14. The normalized spacial score (nSPS) is 13.2. The van der Waals surface area contributed by atoms with Gasteiger partial charge in [-0.3, -0.25) is 0 Å². The van der Waals surface area contributed by atoms with Crippen molar-refractivity contribution in [1.29, 1.82) is 0 Å². The summed E-state index contributed by atoms with van der Waals surface area (Å²) in [6.07, 6.45) is 1.76. The largest absolute Gasteiger partial charge is 0.478 e. The van der Waals surface area contributed by atoms with Crippen molar-refractivity contribution >= 4 is 5.97 Å². The Bertz CT molecular complexity index is 306. The summed E-state index contributed by atoms with van der Waals surface area (Å²) in [5.74, 6) is -1.04. The van der Waals surface area contributed by atoms with Gasteiger partial charge >= 0.3 is 5.97 Å². The number of rotatable bonds is 3. The predicted octanol–water partition coefficient (Wildman–Crippen LogP) is 0.728. The Labute approximate surface area is 75.6 Å². The highest BCUT2D eigenvalue weighted by atomic mass is 16.4. The van der Waals surface area contributed by atoms with Crippen molar-refractivity contribution in [2.75, 3.05) is 0 Å². The van der Waals surface area contributed by atoms with Crippen LogP contribution in [0.15, 0.2) is 12.4 Å². The van der Waals surface area contributed by atoms with Crippen LogP contribution in [0.5, 0.6) is 0 Å². The lowest BCUT2D eigenvalue weighted by molar-refractivity contribution is 0.0447. The summed E-state index contributed by atoms with van der Waals surface area (Å²) in [4.78, 5) is 10.5. The summed E-state index contributed by atoms with van der Waals surface area (Å²) < 4.78 is 1.24. The maximum absolute atomic E-state index is 10.5. The molecule has 0 saturated heterocycles. The standard InChI is InChI=1S/C8H12N2O3/c1-5(2)7(11)10-4-6(3-9-10)8(12)13/h3-5,7,11H,1-2H3,(H,12,13). The molecule has 0 saturated carbocycles. The van der Waals surface area contributed by atoms with Crippen molar-refractivity contribution in [3.05, 3.63) is 18.0 Å². The number of aliphatic hydroxyl groups excluding tert-OH is 1. The number of carbonyl (C=O) groups is 1. The van der Waals surface area contributed by atoms with Crippen molar-refractivity contribution in [2.45, 2.75) is 20.1 Å². The molecular formula is C8H12N2O3. The van der Waals surface area contributed by atoms with Gasteiger partial charge in [-0.15, -0.1) is 0 Å². The topological polar surface area (TPSA) is 75.4 Å². The van der Waals surface area contributed by atoms with Gasteiger partial charge in [0.25, 0.3) is 0 Å². The molecule has 1 unspecified atom stereocenters. The maximum Gasteiger partial charge on any atom is 0.338 e. The number of carboxylic acids is 1. The van der Waals surface area contributed by atoms with E-state index in [2.05, 4.69) is 5.10 Å². The third-order valence-electron chi connectivity index (χ3n) is 1.72. The number of hydrogen-bond donors (Lipinski definition) is 2. The molecule has 72 valence electrons. The Morgan fingerprint density at radius 1 is 1.62 bits per heavy atom. The molecular weight excluding hydrogens is 172 g/mol. The number of carboxylic acid groups (broad SMARTS) is 1. The fourth-order valence-electron chi connectivity index (χ4n) is 0.899. The lowest BCUT2D eigenvalue weighted by Crippen LogP contribution is -2.14.